The van der Waals surface area contributed by atoms with Gasteiger partial charge in [-0.2, -0.15) is 0 Å². The molecule has 4 rings (SSSR count). The number of rotatable bonds is 12. The van der Waals surface area contributed by atoms with E-state index in [9.17, 15) is 9.50 Å². The average Bonchev–Trinajstić information content (AvgIpc) is 2.92. The molecule has 0 spiro atoms. The first kappa shape index (κ1) is 27.8. The first-order valence-corrected chi connectivity index (χ1v) is 13.7. The van der Waals surface area contributed by atoms with Crippen molar-refractivity contribution in [3.8, 4) is 17.2 Å². The highest BCUT2D eigenvalue weighted by molar-refractivity contribution is 5.60. The van der Waals surface area contributed by atoms with Crippen molar-refractivity contribution < 1.29 is 19.0 Å². The lowest BCUT2D eigenvalue weighted by molar-refractivity contribution is 0.231. The van der Waals surface area contributed by atoms with Crippen molar-refractivity contribution in [3.63, 3.8) is 0 Å². The summed E-state index contributed by atoms with van der Waals surface area (Å²) in [6.45, 7) is 7.87. The fourth-order valence-electron chi connectivity index (χ4n) is 5.43. The number of fused-ring (bicyclic) bond motifs is 1. The second-order valence-corrected chi connectivity index (χ2v) is 10.2. The molecular weight excluding hydrogens is 479 g/mol. The first-order valence-electron chi connectivity index (χ1n) is 13.7. The lowest BCUT2D eigenvalue weighted by Crippen LogP contribution is -2.25. The number of benzene rings is 3. The van der Waals surface area contributed by atoms with Crippen molar-refractivity contribution in [2.24, 2.45) is 0 Å². The highest BCUT2D eigenvalue weighted by atomic mass is 19.1. The third-order valence-electron chi connectivity index (χ3n) is 7.52. The van der Waals surface area contributed by atoms with Gasteiger partial charge in [-0.15, -0.1) is 0 Å². The number of nitrogens with zero attached hydrogens (tertiary/aromatic N) is 2. The predicted molar refractivity (Wildman–Crippen MR) is 152 cm³/mol. The Labute approximate surface area is 226 Å². The van der Waals surface area contributed by atoms with Crippen molar-refractivity contribution in [1.82, 2.24) is 4.90 Å². The number of ether oxygens (including phenoxy) is 2. The lowest BCUT2D eigenvalue weighted by Gasteiger charge is -2.32. The maximum Gasteiger partial charge on any atom is 0.165 e. The third-order valence-corrected chi connectivity index (χ3v) is 7.52. The molecule has 0 saturated carbocycles. The molecule has 0 amide bonds. The molecule has 0 unspecified atom stereocenters. The van der Waals surface area contributed by atoms with Crippen LogP contribution in [-0.4, -0.2) is 50.4 Å². The second-order valence-electron chi connectivity index (χ2n) is 10.2. The minimum absolute atomic E-state index is 0.302. The summed E-state index contributed by atoms with van der Waals surface area (Å²) in [6.07, 6.45) is 3.97. The van der Waals surface area contributed by atoms with Gasteiger partial charge in [-0.05, 0) is 105 Å². The Hall–Kier alpha value is -3.25. The molecule has 0 aliphatic heterocycles. The summed E-state index contributed by atoms with van der Waals surface area (Å²) in [7, 11) is 3.74. The summed E-state index contributed by atoms with van der Waals surface area (Å²) in [4.78, 5) is 4.48. The van der Waals surface area contributed by atoms with Crippen LogP contribution in [0.4, 0.5) is 10.1 Å². The van der Waals surface area contributed by atoms with Gasteiger partial charge < -0.3 is 24.4 Å². The fraction of sp³-hybridized carbons (Fsp3) is 0.438. The van der Waals surface area contributed by atoms with Gasteiger partial charge in [0.15, 0.2) is 11.6 Å². The molecule has 1 aliphatic rings. The van der Waals surface area contributed by atoms with Gasteiger partial charge in [0, 0.05) is 31.4 Å². The first-order chi connectivity index (χ1) is 18.4. The SMILES string of the molecule is CCCN(C)CCOc1ccc(CN(CC)c2cc(OC)ccc2[C@@H]2CCc3cc(O)ccc3C2)cc1F. The number of hydrogen-bond donors (Lipinski definition) is 1. The quantitative estimate of drug-likeness (QED) is 0.293. The predicted octanol–water partition coefficient (Wildman–Crippen LogP) is 6.56. The molecule has 1 atom stereocenters. The Morgan fingerprint density at radius 2 is 1.84 bits per heavy atom. The van der Waals surface area contributed by atoms with Gasteiger partial charge in [0.2, 0.25) is 0 Å². The largest absolute Gasteiger partial charge is 0.508 e. The van der Waals surface area contributed by atoms with Crippen LogP contribution in [0.3, 0.4) is 0 Å². The Balaban J connectivity index is 1.52. The van der Waals surface area contributed by atoms with Crippen LogP contribution < -0.4 is 14.4 Å². The van der Waals surface area contributed by atoms with E-state index in [1.807, 2.05) is 24.3 Å². The number of anilines is 1. The van der Waals surface area contributed by atoms with Crippen molar-refractivity contribution in [3.05, 3.63) is 82.7 Å². The molecular formula is C32H41FN2O3. The number of likely N-dealkylation sites (N-methyl/N-ethyl adjacent to an activating group) is 1. The van der Waals surface area contributed by atoms with Crippen molar-refractivity contribution in [2.75, 3.05) is 45.3 Å². The van der Waals surface area contributed by atoms with E-state index in [1.54, 1.807) is 25.3 Å². The van der Waals surface area contributed by atoms with E-state index in [0.717, 1.165) is 62.3 Å². The molecule has 0 radical (unpaired) electrons. The summed E-state index contributed by atoms with van der Waals surface area (Å²) in [5.41, 5.74) is 5.83. The smallest absolute Gasteiger partial charge is 0.165 e. The number of phenols is 1. The maximum absolute atomic E-state index is 14.9. The van der Waals surface area contributed by atoms with Crippen molar-refractivity contribution >= 4 is 5.69 Å². The van der Waals surface area contributed by atoms with Crippen LogP contribution >= 0.6 is 0 Å². The summed E-state index contributed by atoms with van der Waals surface area (Å²) in [5, 5.41) is 9.88. The standard InChI is InChI=1S/C32H41FN2O3/c1-5-15-34(3)16-17-38-32-14-7-23(18-30(32)33)22-35(6-2)31-21-28(37-4)12-13-29(31)26-9-8-25-20-27(36)11-10-24(25)19-26/h7,10-14,18,20-21,26,36H,5-6,8-9,15-17,19,22H2,1-4H3/t26-/m1/s1. The Kier molecular flexibility index (Phi) is 9.51. The van der Waals surface area contributed by atoms with Crippen LogP contribution in [-0.2, 0) is 19.4 Å². The molecule has 0 saturated heterocycles. The fourth-order valence-corrected chi connectivity index (χ4v) is 5.43. The minimum Gasteiger partial charge on any atom is -0.508 e. The zero-order valence-corrected chi connectivity index (χ0v) is 23.2. The molecule has 5 nitrogen and oxygen atoms in total. The molecule has 1 N–H and O–H groups in total. The van der Waals surface area contributed by atoms with E-state index in [2.05, 4.69) is 42.8 Å². The maximum atomic E-state index is 14.9. The Bertz CT molecular complexity index is 1220. The van der Waals surface area contributed by atoms with E-state index in [4.69, 9.17) is 9.47 Å². The number of halogens is 1. The molecule has 38 heavy (non-hydrogen) atoms. The molecule has 0 heterocycles. The normalized spacial score (nSPS) is 14.8. The van der Waals surface area contributed by atoms with Crippen LogP contribution in [0.1, 0.15) is 54.9 Å². The minimum atomic E-state index is -0.324. The van der Waals surface area contributed by atoms with Crippen LogP contribution in [0.15, 0.2) is 54.6 Å². The molecule has 0 fully saturated rings. The van der Waals surface area contributed by atoms with Crippen LogP contribution in [0.25, 0.3) is 0 Å². The molecule has 1 aliphatic carbocycles. The van der Waals surface area contributed by atoms with E-state index in [-0.39, 0.29) is 5.82 Å². The second kappa shape index (κ2) is 13.0. The number of hydrogen-bond acceptors (Lipinski definition) is 5. The van der Waals surface area contributed by atoms with Crippen LogP contribution in [0, 0.1) is 5.82 Å². The Morgan fingerprint density at radius 1 is 1.00 bits per heavy atom. The number of methoxy groups -OCH3 is 1. The zero-order valence-electron chi connectivity index (χ0n) is 23.2. The average molecular weight is 521 g/mol. The van der Waals surface area contributed by atoms with Crippen molar-refractivity contribution in [1.29, 1.82) is 0 Å². The molecule has 204 valence electrons. The summed E-state index contributed by atoms with van der Waals surface area (Å²) in [5.74, 6) is 1.48. The summed E-state index contributed by atoms with van der Waals surface area (Å²) < 4.78 is 26.3. The Morgan fingerprint density at radius 3 is 2.58 bits per heavy atom. The van der Waals surface area contributed by atoms with Gasteiger partial charge in [0.25, 0.3) is 0 Å². The van der Waals surface area contributed by atoms with E-state index in [1.165, 1.54) is 16.7 Å². The number of aromatic hydroxyl groups is 1. The van der Waals surface area contributed by atoms with Gasteiger partial charge in [-0.3, -0.25) is 0 Å². The highest BCUT2D eigenvalue weighted by Gasteiger charge is 2.25. The highest BCUT2D eigenvalue weighted by Crippen LogP contribution is 2.40. The van der Waals surface area contributed by atoms with Gasteiger partial charge in [-0.1, -0.05) is 25.1 Å². The molecule has 0 aromatic heterocycles. The molecule has 6 heteroatoms. The lowest BCUT2D eigenvalue weighted by atomic mass is 9.79. The number of phenolic OH excluding ortho intramolecular Hbond substituents is 1. The number of aryl methyl sites for hydroxylation is 1. The third kappa shape index (κ3) is 6.79. The molecule has 3 aromatic rings. The van der Waals surface area contributed by atoms with Crippen LogP contribution in [0.2, 0.25) is 0 Å². The van der Waals surface area contributed by atoms with E-state index >= 15 is 0 Å². The molecule has 0 bridgehead atoms. The van der Waals surface area contributed by atoms with Crippen LogP contribution in [0.5, 0.6) is 17.2 Å². The topological polar surface area (TPSA) is 45.2 Å². The molecule has 3 aromatic carbocycles. The van der Waals surface area contributed by atoms with Gasteiger partial charge in [-0.25, -0.2) is 4.39 Å². The van der Waals surface area contributed by atoms with Gasteiger partial charge >= 0.3 is 0 Å². The van der Waals surface area contributed by atoms with Crippen molar-refractivity contribution in [2.45, 2.75) is 52.0 Å². The van der Waals surface area contributed by atoms with Gasteiger partial charge in [0.1, 0.15) is 18.1 Å². The zero-order chi connectivity index (χ0) is 27.1. The van der Waals surface area contributed by atoms with Gasteiger partial charge in [0.05, 0.1) is 7.11 Å². The summed E-state index contributed by atoms with van der Waals surface area (Å²) in [6, 6.07) is 17.3. The summed E-state index contributed by atoms with van der Waals surface area (Å²) >= 11 is 0. The van der Waals surface area contributed by atoms with E-state index in [0.29, 0.717) is 30.6 Å². The monoisotopic (exact) mass is 520 g/mol. The van der Waals surface area contributed by atoms with E-state index < -0.39 is 0 Å².